The van der Waals surface area contributed by atoms with E-state index in [-0.39, 0.29) is 22.8 Å². The van der Waals surface area contributed by atoms with Crippen molar-refractivity contribution in [3.8, 4) is 11.3 Å². The van der Waals surface area contributed by atoms with Gasteiger partial charge in [0.15, 0.2) is 5.13 Å². The average Bonchev–Trinajstić information content (AvgIpc) is 3.32. The zero-order chi connectivity index (χ0) is 25.1. The van der Waals surface area contributed by atoms with Gasteiger partial charge < -0.3 is 20.1 Å². The number of hydrogen-bond acceptors (Lipinski definition) is 8. The van der Waals surface area contributed by atoms with Crippen LogP contribution in [0.15, 0.2) is 76.5 Å². The highest BCUT2D eigenvalue weighted by molar-refractivity contribution is 8.93. The third-order valence-electron chi connectivity index (χ3n) is 5.73. The van der Waals surface area contributed by atoms with E-state index in [1.165, 1.54) is 37.7 Å². The number of para-hydroxylation sites is 1. The molecule has 0 saturated heterocycles. The summed E-state index contributed by atoms with van der Waals surface area (Å²) in [6.45, 7) is 3.53. The summed E-state index contributed by atoms with van der Waals surface area (Å²) in [6, 6.07) is 13.5. The van der Waals surface area contributed by atoms with Crippen molar-refractivity contribution in [2.45, 2.75) is 19.8 Å². The molecule has 36 heavy (non-hydrogen) atoms. The number of allylic oxidation sites excluding steroid dienone is 2. The highest BCUT2D eigenvalue weighted by Gasteiger charge is 2.38. The van der Waals surface area contributed by atoms with E-state index in [0.717, 1.165) is 5.56 Å². The van der Waals surface area contributed by atoms with Gasteiger partial charge in [-0.25, -0.2) is 19.0 Å². The Bertz CT molecular complexity index is 1310. The van der Waals surface area contributed by atoms with Crippen LogP contribution in [-0.4, -0.2) is 31.1 Å². The number of rotatable bonds is 6. The summed E-state index contributed by atoms with van der Waals surface area (Å²) in [5.74, 6) is -2.13. The van der Waals surface area contributed by atoms with Gasteiger partial charge in [-0.05, 0) is 49.7 Å². The van der Waals surface area contributed by atoms with Crippen molar-refractivity contribution in [3.63, 3.8) is 0 Å². The number of anilines is 2. The number of hydrogen-bond donors (Lipinski definition) is 2. The number of methoxy groups -OCH3 is 2. The quantitative estimate of drug-likeness (QED) is 0.357. The molecule has 0 radical (unpaired) electrons. The Morgan fingerprint density at radius 3 is 2.14 bits per heavy atom. The Morgan fingerprint density at radius 2 is 1.56 bits per heavy atom. The molecular formula is C26H25BrFN3O4S. The van der Waals surface area contributed by atoms with Crippen LogP contribution in [0.5, 0.6) is 0 Å². The number of thiazole rings is 1. The molecule has 0 saturated carbocycles. The first kappa shape index (κ1) is 27.1. The van der Waals surface area contributed by atoms with E-state index < -0.39 is 17.9 Å². The van der Waals surface area contributed by atoms with Gasteiger partial charge in [0.05, 0.1) is 37.0 Å². The van der Waals surface area contributed by atoms with E-state index in [2.05, 4.69) is 15.6 Å². The van der Waals surface area contributed by atoms with Crippen LogP contribution < -0.4 is 10.6 Å². The second-order valence-electron chi connectivity index (χ2n) is 7.88. The average molecular weight is 574 g/mol. The number of ether oxygens (including phenoxy) is 2. The number of nitrogens with zero attached hydrogens (tertiary/aromatic N) is 1. The zero-order valence-electron chi connectivity index (χ0n) is 20.0. The van der Waals surface area contributed by atoms with E-state index in [9.17, 15) is 14.0 Å². The zero-order valence-corrected chi connectivity index (χ0v) is 22.6. The van der Waals surface area contributed by atoms with Gasteiger partial charge in [-0.1, -0.05) is 18.2 Å². The molecule has 0 amide bonds. The number of halogens is 2. The molecule has 4 rings (SSSR count). The van der Waals surface area contributed by atoms with Crippen molar-refractivity contribution in [1.82, 2.24) is 10.3 Å². The Labute approximate surface area is 222 Å². The number of esters is 2. The molecule has 2 heterocycles. The monoisotopic (exact) mass is 573 g/mol. The topological polar surface area (TPSA) is 89.5 Å². The first-order valence-corrected chi connectivity index (χ1v) is 11.6. The molecule has 1 aliphatic heterocycles. The summed E-state index contributed by atoms with van der Waals surface area (Å²) in [4.78, 5) is 30.3. The van der Waals surface area contributed by atoms with Crippen LogP contribution in [0.3, 0.4) is 0 Å². The summed E-state index contributed by atoms with van der Waals surface area (Å²) >= 11 is 1.39. The fraction of sp³-hybridized carbons (Fsp3) is 0.192. The number of dihydropyridines is 1. The second-order valence-corrected chi connectivity index (χ2v) is 8.73. The van der Waals surface area contributed by atoms with Crippen LogP contribution in [0.25, 0.3) is 11.3 Å². The minimum atomic E-state index is -0.726. The number of nitrogens with one attached hydrogen (secondary N) is 2. The van der Waals surface area contributed by atoms with Crippen molar-refractivity contribution >= 4 is 51.1 Å². The van der Waals surface area contributed by atoms with E-state index in [0.29, 0.717) is 44.6 Å². The number of aromatic nitrogens is 1. The van der Waals surface area contributed by atoms with E-state index >= 15 is 0 Å². The minimum absolute atomic E-state index is 0. The molecule has 1 aromatic heterocycles. The predicted molar refractivity (Wildman–Crippen MR) is 143 cm³/mol. The third kappa shape index (κ3) is 5.34. The van der Waals surface area contributed by atoms with Crippen molar-refractivity contribution in [1.29, 1.82) is 0 Å². The Balaban J connectivity index is 0.00000361. The molecule has 0 spiro atoms. The summed E-state index contributed by atoms with van der Waals surface area (Å²) in [6.07, 6.45) is 0. The van der Waals surface area contributed by atoms with Crippen LogP contribution in [0.1, 0.15) is 25.3 Å². The maximum atomic E-state index is 13.3. The molecule has 1 aliphatic rings. The maximum absolute atomic E-state index is 13.3. The van der Waals surface area contributed by atoms with Crippen molar-refractivity contribution in [2.24, 2.45) is 0 Å². The highest BCUT2D eigenvalue weighted by Crippen LogP contribution is 2.42. The lowest BCUT2D eigenvalue weighted by atomic mass is 9.79. The van der Waals surface area contributed by atoms with Crippen LogP contribution >= 0.6 is 28.3 Å². The molecule has 2 aromatic carbocycles. The molecule has 0 atom stereocenters. The Hall–Kier alpha value is -3.50. The lowest BCUT2D eigenvalue weighted by Crippen LogP contribution is -2.32. The molecule has 3 aromatic rings. The summed E-state index contributed by atoms with van der Waals surface area (Å²) in [5, 5.41) is 8.90. The van der Waals surface area contributed by atoms with Crippen molar-refractivity contribution < 1.29 is 23.5 Å². The molecule has 10 heteroatoms. The molecule has 0 unspecified atom stereocenters. The summed E-state index contributed by atoms with van der Waals surface area (Å²) < 4.78 is 23.4. The second kappa shape index (κ2) is 11.5. The van der Waals surface area contributed by atoms with Gasteiger partial charge in [0.1, 0.15) is 5.82 Å². The third-order valence-corrected chi connectivity index (χ3v) is 6.49. The molecular weight excluding hydrogens is 549 g/mol. The Kier molecular flexibility index (Phi) is 8.65. The van der Waals surface area contributed by atoms with Gasteiger partial charge in [0, 0.05) is 28.0 Å². The first-order valence-electron chi connectivity index (χ1n) is 10.8. The lowest BCUT2D eigenvalue weighted by molar-refractivity contribution is -0.137. The van der Waals surface area contributed by atoms with Gasteiger partial charge >= 0.3 is 11.9 Å². The van der Waals surface area contributed by atoms with Gasteiger partial charge in [-0.3, -0.25) is 0 Å². The smallest absolute Gasteiger partial charge is 0.336 e. The molecule has 2 N–H and O–H groups in total. The minimum Gasteiger partial charge on any atom is -0.466 e. The van der Waals surface area contributed by atoms with E-state index in [4.69, 9.17) is 9.47 Å². The van der Waals surface area contributed by atoms with Crippen molar-refractivity contribution in [3.05, 3.63) is 87.8 Å². The predicted octanol–water partition coefficient (Wildman–Crippen LogP) is 5.85. The Morgan fingerprint density at radius 1 is 0.972 bits per heavy atom. The molecule has 7 nitrogen and oxygen atoms in total. The maximum Gasteiger partial charge on any atom is 0.336 e. The number of benzene rings is 2. The van der Waals surface area contributed by atoms with Gasteiger partial charge in [-0.2, -0.15) is 0 Å². The SMILES string of the molecule is Br.COC(=O)C1=C(C)NC(C)=C(C(=O)OC)C1c1ccccc1Nc1nc(-c2ccc(F)cc2)cs1. The largest absolute Gasteiger partial charge is 0.466 e. The molecule has 0 bridgehead atoms. The summed E-state index contributed by atoms with van der Waals surface area (Å²) in [7, 11) is 2.61. The summed E-state index contributed by atoms with van der Waals surface area (Å²) in [5.41, 5.74) is 4.67. The van der Waals surface area contributed by atoms with Gasteiger partial charge in [-0.15, -0.1) is 28.3 Å². The van der Waals surface area contributed by atoms with E-state index in [1.807, 2.05) is 29.6 Å². The normalized spacial score (nSPS) is 13.6. The first-order chi connectivity index (χ1) is 16.8. The van der Waals surface area contributed by atoms with Crippen LogP contribution in [-0.2, 0) is 19.1 Å². The van der Waals surface area contributed by atoms with Crippen LogP contribution in [0.4, 0.5) is 15.2 Å². The standard InChI is InChI=1S/C26H24FN3O4S.BrH/c1-14-21(24(31)33-3)23(22(15(2)28-14)25(32)34-4)18-7-5-6-8-19(18)29-26-30-20(13-35-26)16-9-11-17(27)12-10-16;/h5-13,23,28H,1-4H3,(H,29,30);1H. The van der Waals surface area contributed by atoms with Crippen LogP contribution in [0, 0.1) is 5.82 Å². The van der Waals surface area contributed by atoms with Crippen molar-refractivity contribution in [2.75, 3.05) is 19.5 Å². The molecule has 188 valence electrons. The lowest BCUT2D eigenvalue weighted by Gasteiger charge is -2.31. The fourth-order valence-corrected chi connectivity index (χ4v) is 4.86. The van der Waals surface area contributed by atoms with Gasteiger partial charge in [0.2, 0.25) is 0 Å². The van der Waals surface area contributed by atoms with E-state index in [1.54, 1.807) is 26.0 Å². The van der Waals surface area contributed by atoms with Gasteiger partial charge in [0.25, 0.3) is 0 Å². The molecule has 0 fully saturated rings. The highest BCUT2D eigenvalue weighted by atomic mass is 79.9. The number of carbonyl (C=O) groups excluding carboxylic acids is 2. The van der Waals surface area contributed by atoms with Crippen LogP contribution in [0.2, 0.25) is 0 Å². The molecule has 0 aliphatic carbocycles. The number of carbonyl (C=O) groups is 2. The fourth-order valence-electron chi connectivity index (χ4n) is 4.13.